The summed E-state index contributed by atoms with van der Waals surface area (Å²) in [6, 6.07) is 3.83. The molecule has 0 saturated heterocycles. The summed E-state index contributed by atoms with van der Waals surface area (Å²) in [4.78, 5) is 12.3. The van der Waals surface area contributed by atoms with Gasteiger partial charge in [0.15, 0.2) is 0 Å². The fourth-order valence-electron chi connectivity index (χ4n) is 1.50. The number of hydrogen-bond donors (Lipinski definition) is 2. The van der Waals surface area contributed by atoms with Crippen LogP contribution in [0.15, 0.2) is 30.7 Å². The molecule has 0 aliphatic carbocycles. The van der Waals surface area contributed by atoms with Crippen molar-refractivity contribution in [3.05, 3.63) is 36.3 Å². The number of nitrogens with two attached hydrogens (primary N) is 1. The van der Waals surface area contributed by atoms with Crippen molar-refractivity contribution in [2.45, 2.75) is 26.5 Å². The predicted molar refractivity (Wildman–Crippen MR) is 73.8 cm³/mol. The molecule has 0 saturated carbocycles. The van der Waals surface area contributed by atoms with Crippen molar-refractivity contribution in [1.82, 2.24) is 15.0 Å². The number of nitrogens with zero attached hydrogens (tertiary/aromatic N) is 3. The van der Waals surface area contributed by atoms with Gasteiger partial charge in [-0.25, -0.2) is 15.0 Å². The van der Waals surface area contributed by atoms with Crippen LogP contribution in [0.2, 0.25) is 0 Å². The molecule has 6 nitrogen and oxygen atoms in total. The van der Waals surface area contributed by atoms with Gasteiger partial charge in [-0.05, 0) is 19.9 Å². The number of hydrogen-bond acceptors (Lipinski definition) is 6. The monoisotopic (exact) mass is 259 g/mol. The Morgan fingerprint density at radius 1 is 1.26 bits per heavy atom. The van der Waals surface area contributed by atoms with Gasteiger partial charge in [-0.15, -0.1) is 0 Å². The molecule has 0 unspecified atom stereocenters. The molecule has 0 atom stereocenters. The molecule has 3 N–H and O–H groups in total. The maximum absolute atomic E-state index is 5.65. The first kappa shape index (κ1) is 13.1. The lowest BCUT2D eigenvalue weighted by Gasteiger charge is -2.13. The second kappa shape index (κ2) is 5.99. The highest BCUT2D eigenvalue weighted by molar-refractivity contribution is 5.38. The molecule has 0 aliphatic rings. The molecule has 6 heteroatoms. The molecule has 0 spiro atoms. The maximum atomic E-state index is 5.65. The van der Waals surface area contributed by atoms with Gasteiger partial charge in [0.2, 0.25) is 5.88 Å². The molecule has 2 aromatic rings. The summed E-state index contributed by atoms with van der Waals surface area (Å²) in [6.45, 7) is 4.50. The van der Waals surface area contributed by atoms with Gasteiger partial charge in [0, 0.05) is 18.3 Å². The van der Waals surface area contributed by atoms with Crippen LogP contribution in [0.3, 0.4) is 0 Å². The van der Waals surface area contributed by atoms with E-state index >= 15 is 0 Å². The first-order chi connectivity index (χ1) is 9.15. The van der Waals surface area contributed by atoms with Gasteiger partial charge in [0.25, 0.3) is 0 Å². The van der Waals surface area contributed by atoms with E-state index in [-0.39, 0.29) is 6.10 Å². The number of pyridine rings is 1. The molecule has 0 bridgehead atoms. The summed E-state index contributed by atoms with van der Waals surface area (Å²) in [7, 11) is 0. The van der Waals surface area contributed by atoms with Gasteiger partial charge < -0.3 is 15.8 Å². The van der Waals surface area contributed by atoms with Crippen LogP contribution in [0, 0.1) is 0 Å². The van der Waals surface area contributed by atoms with E-state index in [1.807, 2.05) is 26.0 Å². The van der Waals surface area contributed by atoms with Crippen LogP contribution < -0.4 is 15.8 Å². The van der Waals surface area contributed by atoms with E-state index in [9.17, 15) is 0 Å². The third-order valence-electron chi connectivity index (χ3n) is 2.33. The molecule has 0 radical (unpaired) electrons. The molecular formula is C13H17N5O. The number of nitrogens with one attached hydrogen (secondary N) is 1. The molecule has 0 aliphatic heterocycles. The van der Waals surface area contributed by atoms with Crippen molar-refractivity contribution in [3.63, 3.8) is 0 Å². The lowest BCUT2D eigenvalue weighted by Crippen LogP contribution is -2.11. The zero-order valence-corrected chi connectivity index (χ0v) is 11.0. The molecule has 2 aromatic heterocycles. The van der Waals surface area contributed by atoms with E-state index in [1.165, 1.54) is 6.20 Å². The van der Waals surface area contributed by atoms with Crippen molar-refractivity contribution < 1.29 is 4.74 Å². The highest BCUT2D eigenvalue weighted by atomic mass is 16.5. The summed E-state index contributed by atoms with van der Waals surface area (Å²) in [5.41, 5.74) is 6.45. The van der Waals surface area contributed by atoms with Crippen LogP contribution >= 0.6 is 0 Å². The zero-order valence-electron chi connectivity index (χ0n) is 11.0. The van der Waals surface area contributed by atoms with Gasteiger partial charge in [-0.3, -0.25) is 0 Å². The van der Waals surface area contributed by atoms with E-state index in [1.54, 1.807) is 12.4 Å². The largest absolute Gasteiger partial charge is 0.475 e. The molecule has 0 amide bonds. The SMILES string of the molecule is CC(C)Oc1ncccc1CNc1cnc(N)cn1. The van der Waals surface area contributed by atoms with Crippen LogP contribution in [0.4, 0.5) is 11.6 Å². The lowest BCUT2D eigenvalue weighted by atomic mass is 10.2. The third-order valence-corrected chi connectivity index (χ3v) is 2.33. The Hall–Kier alpha value is -2.37. The van der Waals surface area contributed by atoms with Crippen LogP contribution in [0.5, 0.6) is 5.88 Å². The fourth-order valence-corrected chi connectivity index (χ4v) is 1.50. The second-order valence-corrected chi connectivity index (χ2v) is 4.31. The topological polar surface area (TPSA) is 86.0 Å². The van der Waals surface area contributed by atoms with Crippen LogP contribution in [0.1, 0.15) is 19.4 Å². The number of aromatic nitrogens is 3. The highest BCUT2D eigenvalue weighted by Crippen LogP contribution is 2.17. The maximum Gasteiger partial charge on any atom is 0.218 e. The van der Waals surface area contributed by atoms with Crippen molar-refractivity contribution in [3.8, 4) is 5.88 Å². The first-order valence-electron chi connectivity index (χ1n) is 6.07. The Morgan fingerprint density at radius 2 is 2.11 bits per heavy atom. The molecule has 100 valence electrons. The van der Waals surface area contributed by atoms with Gasteiger partial charge in [-0.1, -0.05) is 6.07 Å². The van der Waals surface area contributed by atoms with Crippen molar-refractivity contribution in [1.29, 1.82) is 0 Å². The Morgan fingerprint density at radius 3 is 2.79 bits per heavy atom. The molecule has 2 rings (SSSR count). The van der Waals surface area contributed by atoms with E-state index < -0.39 is 0 Å². The van der Waals surface area contributed by atoms with E-state index in [2.05, 4.69) is 20.3 Å². The summed E-state index contributed by atoms with van der Waals surface area (Å²) >= 11 is 0. The van der Waals surface area contributed by atoms with E-state index in [0.717, 1.165) is 5.56 Å². The zero-order chi connectivity index (χ0) is 13.7. The van der Waals surface area contributed by atoms with E-state index in [4.69, 9.17) is 10.5 Å². The fraction of sp³-hybridized carbons (Fsp3) is 0.308. The summed E-state index contributed by atoms with van der Waals surface area (Å²) in [5, 5.41) is 3.15. The van der Waals surface area contributed by atoms with Crippen LogP contribution in [-0.4, -0.2) is 21.1 Å². The van der Waals surface area contributed by atoms with Gasteiger partial charge in [0.05, 0.1) is 18.5 Å². The smallest absolute Gasteiger partial charge is 0.218 e. The second-order valence-electron chi connectivity index (χ2n) is 4.31. The summed E-state index contributed by atoms with van der Waals surface area (Å²) < 4.78 is 5.65. The Balaban J connectivity index is 2.04. The normalized spacial score (nSPS) is 10.5. The van der Waals surface area contributed by atoms with Crippen molar-refractivity contribution in [2.24, 2.45) is 0 Å². The van der Waals surface area contributed by atoms with E-state index in [0.29, 0.717) is 24.1 Å². The standard InChI is InChI=1S/C13H17N5O/c1-9(2)19-13-10(4-3-5-15-13)6-17-12-8-16-11(14)7-18-12/h3-5,7-9H,6H2,1-2H3,(H2,14,16)(H,17,18). The average Bonchev–Trinajstić information content (AvgIpc) is 2.39. The lowest BCUT2D eigenvalue weighted by molar-refractivity contribution is 0.230. The van der Waals surface area contributed by atoms with Crippen LogP contribution in [0.25, 0.3) is 0 Å². The Labute approximate surface area is 112 Å². The predicted octanol–water partition coefficient (Wildman–Crippen LogP) is 1.85. The molecular weight excluding hydrogens is 242 g/mol. The first-order valence-corrected chi connectivity index (χ1v) is 6.07. The Bertz CT molecular complexity index is 527. The van der Waals surface area contributed by atoms with Gasteiger partial charge in [0.1, 0.15) is 11.6 Å². The third kappa shape index (κ3) is 3.80. The molecule has 0 aromatic carbocycles. The average molecular weight is 259 g/mol. The number of ether oxygens (including phenoxy) is 1. The molecule has 19 heavy (non-hydrogen) atoms. The van der Waals surface area contributed by atoms with Gasteiger partial charge in [-0.2, -0.15) is 0 Å². The van der Waals surface area contributed by atoms with Crippen molar-refractivity contribution in [2.75, 3.05) is 11.1 Å². The minimum atomic E-state index is 0.0879. The van der Waals surface area contributed by atoms with Crippen molar-refractivity contribution >= 4 is 11.6 Å². The minimum Gasteiger partial charge on any atom is -0.475 e. The minimum absolute atomic E-state index is 0.0879. The number of rotatable bonds is 5. The molecule has 0 fully saturated rings. The number of nitrogen functional groups attached to an aromatic ring is 1. The van der Waals surface area contributed by atoms with Gasteiger partial charge >= 0.3 is 0 Å². The Kier molecular flexibility index (Phi) is 4.12. The van der Waals surface area contributed by atoms with Crippen LogP contribution in [-0.2, 0) is 6.54 Å². The highest BCUT2D eigenvalue weighted by Gasteiger charge is 2.06. The quantitative estimate of drug-likeness (QED) is 0.852. The molecule has 2 heterocycles. The summed E-state index contributed by atoms with van der Waals surface area (Å²) in [6.07, 6.45) is 4.90. The summed E-state index contributed by atoms with van der Waals surface area (Å²) in [5.74, 6) is 1.69. The number of anilines is 2.